The van der Waals surface area contributed by atoms with Crippen molar-refractivity contribution in [2.75, 3.05) is 11.9 Å². The van der Waals surface area contributed by atoms with Gasteiger partial charge in [-0.25, -0.2) is 4.39 Å². The number of imide groups is 2. The van der Waals surface area contributed by atoms with Crippen LogP contribution < -0.4 is 10.6 Å². The molecule has 3 N–H and O–H groups in total. The minimum Gasteiger partial charge on any atom is -0.481 e. The number of carboxylic acids is 1. The number of piperidine rings is 1. The lowest BCUT2D eigenvalue weighted by Gasteiger charge is -2.27. The number of amides is 4. The topological polar surface area (TPSA) is 133 Å². The number of aliphatic carboxylic acids is 1. The number of nitrogens with one attached hydrogen (secondary N) is 2. The smallest absolute Gasteiger partial charge is 0.303 e. The molecule has 1 saturated heterocycles. The maximum absolute atomic E-state index is 14.5. The molecule has 1 atom stereocenters. The van der Waals surface area contributed by atoms with Gasteiger partial charge in [-0.1, -0.05) is 32.1 Å². The van der Waals surface area contributed by atoms with Crippen LogP contribution in [0.25, 0.3) is 0 Å². The van der Waals surface area contributed by atoms with Crippen molar-refractivity contribution in [3.8, 4) is 0 Å². The Labute approximate surface area is 190 Å². The molecule has 2 aliphatic heterocycles. The maximum atomic E-state index is 14.5. The molecular formula is C23H28FN3O6. The van der Waals surface area contributed by atoms with Crippen molar-refractivity contribution < 1.29 is 33.5 Å². The molecule has 0 radical (unpaired) electrons. The summed E-state index contributed by atoms with van der Waals surface area (Å²) in [6.07, 6.45) is 6.57. The molecule has 178 valence electrons. The van der Waals surface area contributed by atoms with Gasteiger partial charge >= 0.3 is 5.97 Å². The van der Waals surface area contributed by atoms with E-state index in [0.29, 0.717) is 13.0 Å². The molecule has 2 aliphatic rings. The number of hydrogen-bond acceptors (Lipinski definition) is 6. The maximum Gasteiger partial charge on any atom is 0.303 e. The summed E-state index contributed by atoms with van der Waals surface area (Å²) in [4.78, 5) is 60.2. The number of carbonyl (C=O) groups excluding carboxylic acids is 4. The predicted molar refractivity (Wildman–Crippen MR) is 116 cm³/mol. The fraction of sp³-hybridized carbons (Fsp3) is 0.522. The lowest BCUT2D eigenvalue weighted by molar-refractivity contribution is -0.138. The second-order valence-electron chi connectivity index (χ2n) is 8.37. The normalized spacial score (nSPS) is 17.8. The summed E-state index contributed by atoms with van der Waals surface area (Å²) in [5.74, 6) is -3.99. The first-order valence-corrected chi connectivity index (χ1v) is 11.3. The summed E-state index contributed by atoms with van der Waals surface area (Å²) < 4.78 is 14.5. The van der Waals surface area contributed by atoms with Gasteiger partial charge in [0.05, 0.1) is 16.8 Å². The Morgan fingerprint density at radius 2 is 1.61 bits per heavy atom. The minimum atomic E-state index is -1.08. The molecule has 0 aliphatic carbocycles. The lowest BCUT2D eigenvalue weighted by atomic mass is 10.0. The molecule has 4 amide bonds. The van der Waals surface area contributed by atoms with Gasteiger partial charge in [0.25, 0.3) is 11.8 Å². The number of benzene rings is 1. The molecule has 33 heavy (non-hydrogen) atoms. The van der Waals surface area contributed by atoms with E-state index in [-0.39, 0.29) is 36.1 Å². The SMILES string of the molecule is O=C(O)CCCCCCCCCNc1cc2c(cc1F)C(=O)N(C1CCC(=O)NC1=O)C2=O. The number of halogens is 1. The van der Waals surface area contributed by atoms with Gasteiger partial charge < -0.3 is 10.4 Å². The number of carbonyl (C=O) groups is 5. The highest BCUT2D eigenvalue weighted by Crippen LogP contribution is 2.31. The first kappa shape index (κ1) is 24.3. The molecule has 2 heterocycles. The van der Waals surface area contributed by atoms with E-state index in [1.807, 2.05) is 0 Å². The summed E-state index contributed by atoms with van der Waals surface area (Å²) in [5.41, 5.74) is 0.0688. The average molecular weight is 461 g/mol. The highest BCUT2D eigenvalue weighted by atomic mass is 19.1. The molecule has 3 rings (SSSR count). The third-order valence-electron chi connectivity index (χ3n) is 5.91. The van der Waals surface area contributed by atoms with Crippen molar-refractivity contribution in [2.24, 2.45) is 0 Å². The molecule has 1 aromatic carbocycles. The van der Waals surface area contributed by atoms with E-state index in [4.69, 9.17) is 5.11 Å². The van der Waals surface area contributed by atoms with Gasteiger partial charge in [-0.15, -0.1) is 0 Å². The Morgan fingerprint density at radius 3 is 2.24 bits per heavy atom. The van der Waals surface area contributed by atoms with Gasteiger partial charge in [-0.05, 0) is 31.4 Å². The summed E-state index contributed by atoms with van der Waals surface area (Å²) in [5, 5.41) is 13.7. The van der Waals surface area contributed by atoms with Gasteiger partial charge in [0, 0.05) is 19.4 Å². The summed E-state index contributed by atoms with van der Waals surface area (Å²) in [6, 6.07) is 1.24. The van der Waals surface area contributed by atoms with Crippen LogP contribution in [-0.2, 0) is 14.4 Å². The van der Waals surface area contributed by atoms with Gasteiger partial charge in [-0.3, -0.25) is 34.2 Å². The Morgan fingerprint density at radius 1 is 1.00 bits per heavy atom. The van der Waals surface area contributed by atoms with Crippen LogP contribution >= 0.6 is 0 Å². The molecule has 1 fully saturated rings. The fourth-order valence-electron chi connectivity index (χ4n) is 4.13. The minimum absolute atomic E-state index is 0.0211. The third-order valence-corrected chi connectivity index (χ3v) is 5.91. The van der Waals surface area contributed by atoms with Gasteiger partial charge in [-0.2, -0.15) is 0 Å². The fourth-order valence-corrected chi connectivity index (χ4v) is 4.13. The number of hydrogen-bond donors (Lipinski definition) is 3. The van der Waals surface area contributed by atoms with E-state index < -0.39 is 41.5 Å². The lowest BCUT2D eigenvalue weighted by Crippen LogP contribution is -2.54. The zero-order chi connectivity index (χ0) is 24.0. The Bertz CT molecular complexity index is 964. The van der Waals surface area contributed by atoms with E-state index in [1.54, 1.807) is 0 Å². The van der Waals surface area contributed by atoms with Crippen molar-refractivity contribution in [1.82, 2.24) is 10.2 Å². The van der Waals surface area contributed by atoms with Gasteiger partial charge in [0.2, 0.25) is 11.8 Å². The van der Waals surface area contributed by atoms with Crippen LogP contribution in [0.4, 0.5) is 10.1 Å². The molecule has 0 aromatic heterocycles. The summed E-state index contributed by atoms with van der Waals surface area (Å²) >= 11 is 0. The first-order chi connectivity index (χ1) is 15.8. The van der Waals surface area contributed by atoms with E-state index in [0.717, 1.165) is 49.5 Å². The Kier molecular flexibility index (Phi) is 8.13. The van der Waals surface area contributed by atoms with E-state index in [2.05, 4.69) is 10.6 Å². The van der Waals surface area contributed by atoms with Crippen LogP contribution in [-0.4, -0.2) is 52.2 Å². The molecule has 0 bridgehead atoms. The summed E-state index contributed by atoms with van der Waals surface area (Å²) in [7, 11) is 0. The molecule has 0 saturated carbocycles. The second-order valence-corrected chi connectivity index (χ2v) is 8.37. The van der Waals surface area contributed by atoms with Crippen LogP contribution in [0.5, 0.6) is 0 Å². The van der Waals surface area contributed by atoms with Crippen LogP contribution in [0, 0.1) is 5.82 Å². The first-order valence-electron chi connectivity index (χ1n) is 11.3. The molecule has 9 nitrogen and oxygen atoms in total. The zero-order valence-electron chi connectivity index (χ0n) is 18.3. The van der Waals surface area contributed by atoms with E-state index >= 15 is 0 Å². The van der Waals surface area contributed by atoms with Crippen LogP contribution in [0.1, 0.15) is 84.9 Å². The van der Waals surface area contributed by atoms with Crippen molar-refractivity contribution in [1.29, 1.82) is 0 Å². The predicted octanol–water partition coefficient (Wildman–Crippen LogP) is 2.84. The van der Waals surface area contributed by atoms with Crippen molar-refractivity contribution in [3.05, 3.63) is 29.1 Å². The largest absolute Gasteiger partial charge is 0.481 e. The van der Waals surface area contributed by atoms with Crippen LogP contribution in [0.2, 0.25) is 0 Å². The van der Waals surface area contributed by atoms with Crippen LogP contribution in [0.15, 0.2) is 12.1 Å². The number of nitrogens with zero attached hydrogens (tertiary/aromatic N) is 1. The van der Waals surface area contributed by atoms with E-state index in [1.165, 1.54) is 6.07 Å². The van der Waals surface area contributed by atoms with Crippen molar-refractivity contribution >= 4 is 35.3 Å². The quantitative estimate of drug-likeness (QED) is 0.322. The Hall–Kier alpha value is -3.30. The number of fused-ring (bicyclic) bond motifs is 1. The van der Waals surface area contributed by atoms with Gasteiger partial charge in [0.15, 0.2) is 0 Å². The monoisotopic (exact) mass is 461 g/mol. The number of unbranched alkanes of at least 4 members (excludes halogenated alkanes) is 6. The molecule has 1 aromatic rings. The summed E-state index contributed by atoms with van der Waals surface area (Å²) in [6.45, 7) is 0.494. The standard InChI is InChI=1S/C23H28FN3O6/c24-16-12-14-15(23(33)27(22(14)32)18-9-10-19(28)26-21(18)31)13-17(16)25-11-7-5-3-1-2-4-6-8-20(29)30/h12-13,18,25H,1-11H2,(H,29,30)(H,26,28,31). The number of carboxylic acid groups (broad SMARTS) is 1. The number of rotatable bonds is 12. The molecular weight excluding hydrogens is 433 g/mol. The second kappa shape index (κ2) is 11.0. The van der Waals surface area contributed by atoms with E-state index in [9.17, 15) is 28.4 Å². The van der Waals surface area contributed by atoms with Crippen LogP contribution in [0.3, 0.4) is 0 Å². The Balaban J connectivity index is 1.49. The zero-order valence-corrected chi connectivity index (χ0v) is 18.3. The van der Waals surface area contributed by atoms with Crippen molar-refractivity contribution in [3.63, 3.8) is 0 Å². The third kappa shape index (κ3) is 5.94. The highest BCUT2D eigenvalue weighted by Gasteiger charge is 2.45. The van der Waals surface area contributed by atoms with Crippen molar-refractivity contribution in [2.45, 2.75) is 70.3 Å². The molecule has 0 spiro atoms. The number of anilines is 1. The van der Waals surface area contributed by atoms with Gasteiger partial charge in [0.1, 0.15) is 11.9 Å². The molecule has 1 unspecified atom stereocenters. The molecule has 10 heteroatoms. The highest BCUT2D eigenvalue weighted by molar-refractivity contribution is 6.23. The average Bonchev–Trinajstić information content (AvgIpc) is 2.99.